The van der Waals surface area contributed by atoms with E-state index in [9.17, 15) is 9.59 Å². The molecule has 3 aromatic carbocycles. The summed E-state index contributed by atoms with van der Waals surface area (Å²) in [5.74, 6) is -0.514. The van der Waals surface area contributed by atoms with E-state index >= 15 is 0 Å². The minimum atomic E-state index is -0.888. The summed E-state index contributed by atoms with van der Waals surface area (Å²) >= 11 is 6.00. The maximum Gasteiger partial charge on any atom is 0.307 e. The summed E-state index contributed by atoms with van der Waals surface area (Å²) in [6, 6.07) is 20.0. The van der Waals surface area contributed by atoms with Crippen molar-refractivity contribution in [2.24, 2.45) is 0 Å². The third-order valence-electron chi connectivity index (χ3n) is 4.55. The number of halogens is 1. The van der Waals surface area contributed by atoms with Crippen LogP contribution in [0.3, 0.4) is 0 Å². The Morgan fingerprint density at radius 1 is 0.967 bits per heavy atom. The Hall–Kier alpha value is -3.31. The number of aliphatic carboxylic acids is 1. The summed E-state index contributed by atoms with van der Waals surface area (Å²) < 4.78 is 5.81. The monoisotopic (exact) mass is 423 g/mol. The molecule has 0 saturated carbocycles. The van der Waals surface area contributed by atoms with E-state index in [1.54, 1.807) is 30.3 Å². The summed E-state index contributed by atoms with van der Waals surface area (Å²) in [5, 5.41) is 12.5. The number of carbonyl (C=O) groups is 2. The maximum absolute atomic E-state index is 12.7. The highest BCUT2D eigenvalue weighted by molar-refractivity contribution is 6.30. The number of amides is 1. The van der Waals surface area contributed by atoms with Crippen molar-refractivity contribution in [3.63, 3.8) is 0 Å². The summed E-state index contributed by atoms with van der Waals surface area (Å²) in [7, 11) is 0. The van der Waals surface area contributed by atoms with Crippen molar-refractivity contribution in [2.75, 3.05) is 0 Å². The van der Waals surface area contributed by atoms with Crippen LogP contribution in [0.4, 0.5) is 0 Å². The molecule has 0 bridgehead atoms. The van der Waals surface area contributed by atoms with Gasteiger partial charge >= 0.3 is 5.97 Å². The van der Waals surface area contributed by atoms with Crippen LogP contribution in [0.25, 0.3) is 0 Å². The molecule has 0 saturated heterocycles. The predicted octanol–water partition coefficient (Wildman–Crippen LogP) is 4.78. The Bertz CT molecular complexity index is 1060. The lowest BCUT2D eigenvalue weighted by atomic mass is 10.1. The van der Waals surface area contributed by atoms with Crippen molar-refractivity contribution in [2.45, 2.75) is 26.5 Å². The summed E-state index contributed by atoms with van der Waals surface area (Å²) in [6.45, 7) is 2.52. The van der Waals surface area contributed by atoms with Crippen molar-refractivity contribution in [3.8, 4) is 5.75 Å². The van der Waals surface area contributed by atoms with Gasteiger partial charge in [-0.05, 0) is 53.4 Å². The van der Waals surface area contributed by atoms with Crippen LogP contribution in [0.1, 0.15) is 32.6 Å². The standard InChI is InChI=1S/C24H22ClNO4/c1-16-8-9-21(30-15-19-6-3-7-20(25)11-19)13-22(16)24(29)26-14-18-5-2-4-17(10-18)12-23(27)28/h2-11,13H,12,14-15H2,1H3,(H,26,29)(H,27,28). The molecule has 154 valence electrons. The number of hydrogen-bond donors (Lipinski definition) is 2. The molecule has 1 amide bonds. The van der Waals surface area contributed by atoms with Crippen LogP contribution in [0.2, 0.25) is 5.02 Å². The Morgan fingerprint density at radius 3 is 2.47 bits per heavy atom. The Balaban J connectivity index is 1.64. The summed E-state index contributed by atoms with van der Waals surface area (Å²) in [5.41, 5.74) is 3.84. The zero-order chi connectivity index (χ0) is 21.5. The number of rotatable bonds is 8. The van der Waals surface area contributed by atoms with E-state index in [0.29, 0.717) is 35.1 Å². The van der Waals surface area contributed by atoms with Gasteiger partial charge in [-0.25, -0.2) is 0 Å². The summed E-state index contributed by atoms with van der Waals surface area (Å²) in [6.07, 6.45) is -0.0487. The van der Waals surface area contributed by atoms with Crippen LogP contribution in [0, 0.1) is 6.92 Å². The first-order valence-corrected chi connectivity index (χ1v) is 9.84. The number of aryl methyl sites for hydroxylation is 1. The van der Waals surface area contributed by atoms with E-state index < -0.39 is 5.97 Å². The van der Waals surface area contributed by atoms with Crippen LogP contribution in [-0.2, 0) is 24.4 Å². The molecule has 30 heavy (non-hydrogen) atoms. The highest BCUT2D eigenvalue weighted by atomic mass is 35.5. The molecule has 0 aliphatic heterocycles. The van der Waals surface area contributed by atoms with Crippen LogP contribution < -0.4 is 10.1 Å². The molecular weight excluding hydrogens is 402 g/mol. The van der Waals surface area contributed by atoms with Gasteiger partial charge < -0.3 is 15.2 Å². The zero-order valence-electron chi connectivity index (χ0n) is 16.5. The first-order chi connectivity index (χ1) is 14.4. The number of carboxylic acid groups (broad SMARTS) is 1. The molecule has 0 spiro atoms. The fourth-order valence-corrected chi connectivity index (χ4v) is 3.24. The lowest BCUT2D eigenvalue weighted by Gasteiger charge is -2.12. The summed E-state index contributed by atoms with van der Waals surface area (Å²) in [4.78, 5) is 23.6. The minimum absolute atomic E-state index is 0.0487. The van der Waals surface area contributed by atoms with Gasteiger partial charge in [0.15, 0.2) is 0 Å². The first kappa shape index (κ1) is 21.4. The largest absolute Gasteiger partial charge is 0.489 e. The Labute approximate surface area is 180 Å². The van der Waals surface area contributed by atoms with Crippen molar-refractivity contribution in [3.05, 3.63) is 99.6 Å². The van der Waals surface area contributed by atoms with Gasteiger partial charge in [-0.1, -0.05) is 54.1 Å². The van der Waals surface area contributed by atoms with E-state index in [0.717, 1.165) is 16.7 Å². The molecule has 0 unspecified atom stereocenters. The Morgan fingerprint density at radius 2 is 1.70 bits per heavy atom. The fourth-order valence-electron chi connectivity index (χ4n) is 3.03. The average Bonchev–Trinajstić information content (AvgIpc) is 2.71. The van der Waals surface area contributed by atoms with Crippen LogP contribution in [0.5, 0.6) is 5.75 Å². The molecule has 0 heterocycles. The molecule has 0 fully saturated rings. The highest BCUT2D eigenvalue weighted by Gasteiger charge is 2.11. The highest BCUT2D eigenvalue weighted by Crippen LogP contribution is 2.20. The van der Waals surface area contributed by atoms with Crippen molar-refractivity contribution < 1.29 is 19.4 Å². The fraction of sp³-hybridized carbons (Fsp3) is 0.167. The quantitative estimate of drug-likeness (QED) is 0.546. The smallest absolute Gasteiger partial charge is 0.307 e. The molecule has 0 aliphatic rings. The topological polar surface area (TPSA) is 75.6 Å². The van der Waals surface area contributed by atoms with Crippen LogP contribution in [0.15, 0.2) is 66.7 Å². The lowest BCUT2D eigenvalue weighted by Crippen LogP contribution is -2.23. The number of hydrogen-bond acceptors (Lipinski definition) is 3. The second-order valence-electron chi connectivity index (χ2n) is 6.97. The van der Waals surface area contributed by atoms with E-state index in [1.807, 2.05) is 43.3 Å². The number of carboxylic acids is 1. The number of benzene rings is 3. The second-order valence-corrected chi connectivity index (χ2v) is 7.40. The predicted molar refractivity (Wildman–Crippen MR) is 116 cm³/mol. The normalized spacial score (nSPS) is 10.5. The molecule has 5 nitrogen and oxygen atoms in total. The van der Waals surface area contributed by atoms with Gasteiger partial charge in [-0.3, -0.25) is 9.59 Å². The molecular formula is C24H22ClNO4. The van der Waals surface area contributed by atoms with Gasteiger partial charge in [0, 0.05) is 17.1 Å². The molecule has 3 rings (SSSR count). The molecule has 6 heteroatoms. The van der Waals surface area contributed by atoms with Crippen LogP contribution >= 0.6 is 11.6 Å². The Kier molecular flexibility index (Phi) is 7.09. The van der Waals surface area contributed by atoms with E-state index in [2.05, 4.69) is 5.32 Å². The molecule has 0 aliphatic carbocycles. The number of ether oxygens (including phenoxy) is 1. The molecule has 2 N–H and O–H groups in total. The third kappa shape index (κ3) is 6.09. The average molecular weight is 424 g/mol. The van der Waals surface area contributed by atoms with Gasteiger partial charge in [0.2, 0.25) is 0 Å². The van der Waals surface area contributed by atoms with Gasteiger partial charge in [-0.15, -0.1) is 0 Å². The van der Waals surface area contributed by atoms with E-state index in [4.69, 9.17) is 21.4 Å². The van der Waals surface area contributed by atoms with Gasteiger partial charge in [0.25, 0.3) is 5.91 Å². The number of carbonyl (C=O) groups excluding carboxylic acids is 1. The second kappa shape index (κ2) is 9.94. The lowest BCUT2D eigenvalue weighted by molar-refractivity contribution is -0.136. The minimum Gasteiger partial charge on any atom is -0.489 e. The van der Waals surface area contributed by atoms with E-state index in [1.165, 1.54) is 0 Å². The van der Waals surface area contributed by atoms with Crippen molar-refractivity contribution in [1.29, 1.82) is 0 Å². The SMILES string of the molecule is Cc1ccc(OCc2cccc(Cl)c2)cc1C(=O)NCc1cccc(CC(=O)O)c1. The van der Waals surface area contributed by atoms with Gasteiger partial charge in [0.05, 0.1) is 6.42 Å². The van der Waals surface area contributed by atoms with E-state index in [-0.39, 0.29) is 12.3 Å². The van der Waals surface area contributed by atoms with Gasteiger partial charge in [0.1, 0.15) is 12.4 Å². The van der Waals surface area contributed by atoms with Crippen molar-refractivity contribution >= 4 is 23.5 Å². The van der Waals surface area contributed by atoms with Crippen molar-refractivity contribution in [1.82, 2.24) is 5.32 Å². The first-order valence-electron chi connectivity index (χ1n) is 9.46. The number of nitrogens with one attached hydrogen (secondary N) is 1. The molecule has 3 aromatic rings. The zero-order valence-corrected chi connectivity index (χ0v) is 17.3. The molecule has 0 aromatic heterocycles. The van der Waals surface area contributed by atoms with Gasteiger partial charge in [-0.2, -0.15) is 0 Å². The maximum atomic E-state index is 12.7. The molecule has 0 radical (unpaired) electrons. The van der Waals surface area contributed by atoms with Crippen LogP contribution in [-0.4, -0.2) is 17.0 Å². The third-order valence-corrected chi connectivity index (χ3v) is 4.78. The molecule has 0 atom stereocenters.